The van der Waals surface area contributed by atoms with Gasteiger partial charge < -0.3 is 10.1 Å². The lowest BCUT2D eigenvalue weighted by Gasteiger charge is -2.14. The number of hydrogen-bond donors (Lipinski definition) is 1. The van der Waals surface area contributed by atoms with E-state index >= 15 is 0 Å². The van der Waals surface area contributed by atoms with Gasteiger partial charge in [0.15, 0.2) is 6.10 Å². The molecule has 2 aromatic rings. The Kier molecular flexibility index (Phi) is 8.46. The Bertz CT molecular complexity index is 861. The van der Waals surface area contributed by atoms with Crippen molar-refractivity contribution >= 4 is 29.4 Å². The second-order valence-electron chi connectivity index (χ2n) is 6.97. The van der Waals surface area contributed by atoms with Gasteiger partial charge in [-0.05, 0) is 44.9 Å². The average molecular weight is 414 g/mol. The Balaban J connectivity index is 2.04. The minimum atomic E-state index is -0.905. The number of esters is 1. The standard InChI is InChI=1S/C23H27NO4S/c1-5-17-10-12-18(13-11-17)22(26)16(4)28-23(27)19-8-6-7-9-20(19)29-14-21(25)24-15(2)3/h6-13,15-16H,5,14H2,1-4H3,(H,24,25)/t16-/m0/s1. The summed E-state index contributed by atoms with van der Waals surface area (Å²) in [4.78, 5) is 37.8. The van der Waals surface area contributed by atoms with Gasteiger partial charge in [-0.15, -0.1) is 11.8 Å². The predicted molar refractivity (Wildman–Crippen MR) is 115 cm³/mol. The zero-order valence-corrected chi connectivity index (χ0v) is 18.0. The van der Waals surface area contributed by atoms with Crippen molar-refractivity contribution in [2.75, 3.05) is 5.75 Å². The average Bonchev–Trinajstić information content (AvgIpc) is 2.71. The fourth-order valence-corrected chi connectivity index (χ4v) is 3.54. The molecule has 0 saturated heterocycles. The van der Waals surface area contributed by atoms with E-state index in [2.05, 4.69) is 5.32 Å². The second-order valence-corrected chi connectivity index (χ2v) is 7.99. The van der Waals surface area contributed by atoms with Crippen LogP contribution in [0, 0.1) is 0 Å². The molecule has 0 aliphatic rings. The molecular weight excluding hydrogens is 386 g/mol. The summed E-state index contributed by atoms with van der Waals surface area (Å²) in [5.41, 5.74) is 1.99. The van der Waals surface area contributed by atoms with Crippen LogP contribution in [0.1, 0.15) is 54.0 Å². The maximum Gasteiger partial charge on any atom is 0.339 e. The number of carbonyl (C=O) groups is 3. The topological polar surface area (TPSA) is 72.5 Å². The lowest BCUT2D eigenvalue weighted by atomic mass is 10.0. The first-order valence-corrected chi connectivity index (χ1v) is 10.7. The van der Waals surface area contributed by atoms with Crippen molar-refractivity contribution < 1.29 is 19.1 Å². The quantitative estimate of drug-likeness (QED) is 0.377. The Hall–Kier alpha value is -2.60. The normalized spacial score (nSPS) is 11.8. The summed E-state index contributed by atoms with van der Waals surface area (Å²) in [7, 11) is 0. The minimum Gasteiger partial charge on any atom is -0.451 e. The van der Waals surface area contributed by atoms with Crippen LogP contribution in [-0.2, 0) is 16.0 Å². The highest BCUT2D eigenvalue weighted by molar-refractivity contribution is 8.00. The molecule has 1 atom stereocenters. The number of benzene rings is 2. The van der Waals surface area contributed by atoms with Crippen molar-refractivity contribution in [3.8, 4) is 0 Å². The minimum absolute atomic E-state index is 0.0570. The number of thioether (sulfide) groups is 1. The van der Waals surface area contributed by atoms with Crippen LogP contribution in [0.5, 0.6) is 0 Å². The third-order valence-electron chi connectivity index (χ3n) is 4.22. The van der Waals surface area contributed by atoms with Gasteiger partial charge in [-0.1, -0.05) is 43.3 Å². The number of ether oxygens (including phenoxy) is 1. The van der Waals surface area contributed by atoms with Crippen molar-refractivity contribution in [3.63, 3.8) is 0 Å². The highest BCUT2D eigenvalue weighted by Crippen LogP contribution is 2.24. The molecule has 0 bridgehead atoms. The van der Waals surface area contributed by atoms with E-state index in [1.165, 1.54) is 11.8 Å². The fraction of sp³-hybridized carbons (Fsp3) is 0.348. The molecule has 2 rings (SSSR count). The summed E-state index contributed by atoms with van der Waals surface area (Å²) >= 11 is 1.26. The van der Waals surface area contributed by atoms with Crippen molar-refractivity contribution in [1.29, 1.82) is 0 Å². The van der Waals surface area contributed by atoms with E-state index in [0.717, 1.165) is 12.0 Å². The molecule has 0 spiro atoms. The van der Waals surface area contributed by atoms with E-state index in [9.17, 15) is 14.4 Å². The summed E-state index contributed by atoms with van der Waals surface area (Å²) in [6.07, 6.45) is -0.0138. The van der Waals surface area contributed by atoms with E-state index in [1.54, 1.807) is 43.3 Å². The van der Waals surface area contributed by atoms with Crippen LogP contribution < -0.4 is 5.32 Å². The van der Waals surface area contributed by atoms with Gasteiger partial charge in [-0.3, -0.25) is 9.59 Å². The van der Waals surface area contributed by atoms with Crippen molar-refractivity contribution in [1.82, 2.24) is 5.32 Å². The third-order valence-corrected chi connectivity index (χ3v) is 5.29. The lowest BCUT2D eigenvalue weighted by molar-refractivity contribution is -0.119. The first kappa shape index (κ1) is 22.7. The molecule has 0 radical (unpaired) electrons. The fourth-order valence-electron chi connectivity index (χ4n) is 2.69. The molecule has 0 aromatic heterocycles. The summed E-state index contributed by atoms with van der Waals surface area (Å²) in [6.45, 7) is 7.40. The molecule has 1 N–H and O–H groups in total. The lowest BCUT2D eigenvalue weighted by Crippen LogP contribution is -2.31. The van der Waals surface area contributed by atoms with Crippen LogP contribution in [0.15, 0.2) is 53.4 Å². The monoisotopic (exact) mass is 413 g/mol. The Labute approximate surface area is 176 Å². The van der Waals surface area contributed by atoms with Gasteiger partial charge >= 0.3 is 5.97 Å². The highest BCUT2D eigenvalue weighted by Gasteiger charge is 2.22. The Morgan fingerprint density at radius 3 is 2.28 bits per heavy atom. The molecule has 29 heavy (non-hydrogen) atoms. The van der Waals surface area contributed by atoms with Crippen LogP contribution in [0.25, 0.3) is 0 Å². The van der Waals surface area contributed by atoms with Gasteiger partial charge in [-0.25, -0.2) is 4.79 Å². The summed E-state index contributed by atoms with van der Waals surface area (Å²) < 4.78 is 5.42. The molecule has 0 aliphatic heterocycles. The molecular formula is C23H27NO4S. The largest absolute Gasteiger partial charge is 0.451 e. The number of Topliss-reactive ketones (excluding diaryl/α,β-unsaturated/α-hetero) is 1. The van der Waals surface area contributed by atoms with Crippen LogP contribution in [-0.4, -0.2) is 35.6 Å². The van der Waals surface area contributed by atoms with Gasteiger partial charge in [0.25, 0.3) is 0 Å². The smallest absolute Gasteiger partial charge is 0.339 e. The van der Waals surface area contributed by atoms with Crippen LogP contribution >= 0.6 is 11.8 Å². The predicted octanol–water partition coefficient (Wildman–Crippen LogP) is 4.29. The van der Waals surface area contributed by atoms with Crippen molar-refractivity contribution in [2.24, 2.45) is 0 Å². The number of carbonyl (C=O) groups excluding carboxylic acids is 3. The van der Waals surface area contributed by atoms with E-state index in [4.69, 9.17) is 4.74 Å². The first-order chi connectivity index (χ1) is 13.8. The van der Waals surface area contributed by atoms with E-state index in [0.29, 0.717) is 16.0 Å². The zero-order valence-electron chi connectivity index (χ0n) is 17.2. The van der Waals surface area contributed by atoms with Gasteiger partial charge in [-0.2, -0.15) is 0 Å². The number of hydrogen-bond acceptors (Lipinski definition) is 5. The maximum atomic E-state index is 12.6. The van der Waals surface area contributed by atoms with Gasteiger partial charge in [0, 0.05) is 16.5 Å². The van der Waals surface area contributed by atoms with Crippen LogP contribution in [0.4, 0.5) is 0 Å². The van der Waals surface area contributed by atoms with E-state index in [-0.39, 0.29) is 23.5 Å². The summed E-state index contributed by atoms with van der Waals surface area (Å²) in [5, 5.41) is 2.81. The number of nitrogens with one attached hydrogen (secondary N) is 1. The van der Waals surface area contributed by atoms with Gasteiger partial charge in [0.05, 0.1) is 11.3 Å². The Morgan fingerprint density at radius 1 is 1.00 bits per heavy atom. The van der Waals surface area contributed by atoms with Gasteiger partial charge in [0.2, 0.25) is 11.7 Å². The molecule has 0 unspecified atom stereocenters. The number of amides is 1. The van der Waals surface area contributed by atoms with Gasteiger partial charge in [0.1, 0.15) is 0 Å². The van der Waals surface area contributed by atoms with Crippen LogP contribution in [0.2, 0.25) is 0 Å². The number of aryl methyl sites for hydroxylation is 1. The van der Waals surface area contributed by atoms with Crippen molar-refractivity contribution in [3.05, 3.63) is 65.2 Å². The molecule has 6 heteroatoms. The molecule has 0 fully saturated rings. The second kappa shape index (κ2) is 10.8. The molecule has 0 aliphatic carbocycles. The van der Waals surface area contributed by atoms with Crippen molar-refractivity contribution in [2.45, 2.75) is 51.2 Å². The highest BCUT2D eigenvalue weighted by atomic mass is 32.2. The summed E-state index contributed by atoms with van der Waals surface area (Å²) in [5.74, 6) is -0.737. The molecule has 2 aromatic carbocycles. The maximum absolute atomic E-state index is 12.6. The first-order valence-electron chi connectivity index (χ1n) is 9.67. The summed E-state index contributed by atoms with van der Waals surface area (Å²) in [6, 6.07) is 14.3. The molecule has 0 heterocycles. The van der Waals surface area contributed by atoms with E-state index in [1.807, 2.05) is 32.9 Å². The number of ketones is 1. The SMILES string of the molecule is CCc1ccc(C(=O)[C@H](C)OC(=O)c2ccccc2SCC(=O)NC(C)C)cc1. The third kappa shape index (κ3) is 6.75. The zero-order chi connectivity index (χ0) is 21.4. The number of rotatable bonds is 9. The molecule has 1 amide bonds. The molecule has 5 nitrogen and oxygen atoms in total. The molecule has 154 valence electrons. The van der Waals surface area contributed by atoms with E-state index < -0.39 is 12.1 Å². The van der Waals surface area contributed by atoms with Crippen LogP contribution in [0.3, 0.4) is 0 Å². The Morgan fingerprint density at radius 2 is 1.66 bits per heavy atom. The molecule has 0 saturated carbocycles.